The summed E-state index contributed by atoms with van der Waals surface area (Å²) < 4.78 is 0. The van der Waals surface area contributed by atoms with E-state index in [2.05, 4.69) is 17.0 Å². The van der Waals surface area contributed by atoms with Gasteiger partial charge in [0.05, 0.1) is 5.41 Å². The number of rotatable bonds is 7. The fraction of sp³-hybridized carbons (Fsp3) is 0.533. The lowest BCUT2D eigenvalue weighted by molar-refractivity contribution is -0.150. The van der Waals surface area contributed by atoms with Crippen molar-refractivity contribution >= 4 is 5.97 Å². The fourth-order valence-corrected chi connectivity index (χ4v) is 2.31. The Morgan fingerprint density at radius 3 is 2.22 bits per heavy atom. The van der Waals surface area contributed by atoms with Gasteiger partial charge in [-0.25, -0.2) is 0 Å². The van der Waals surface area contributed by atoms with Gasteiger partial charge in [-0.1, -0.05) is 44.2 Å². The van der Waals surface area contributed by atoms with Crippen LogP contribution in [0.25, 0.3) is 0 Å². The highest BCUT2D eigenvalue weighted by atomic mass is 16.4. The second kappa shape index (κ2) is 6.55. The normalized spacial score (nSPS) is 11.8. The topological polar surface area (TPSA) is 40.5 Å². The molecule has 0 atom stereocenters. The van der Waals surface area contributed by atoms with Gasteiger partial charge in [-0.05, 0) is 25.5 Å². The Hall–Kier alpha value is -1.35. The van der Waals surface area contributed by atoms with Crippen molar-refractivity contribution in [3.63, 3.8) is 0 Å². The van der Waals surface area contributed by atoms with E-state index in [1.54, 1.807) is 0 Å². The van der Waals surface area contributed by atoms with Crippen LogP contribution in [0, 0.1) is 5.41 Å². The van der Waals surface area contributed by atoms with Crippen LogP contribution in [0.4, 0.5) is 0 Å². The molecular weight excluding hydrogens is 226 g/mol. The SMILES string of the molecule is CCC(CC)(CN(C)Cc1ccccc1)C(=O)O. The molecule has 0 saturated carbocycles. The van der Waals surface area contributed by atoms with Crippen molar-refractivity contribution in [1.29, 1.82) is 0 Å². The third-order valence-electron chi connectivity index (χ3n) is 3.68. The number of hydrogen-bond donors (Lipinski definition) is 1. The third-order valence-corrected chi connectivity index (χ3v) is 3.68. The zero-order chi connectivity index (χ0) is 13.6. The van der Waals surface area contributed by atoms with Gasteiger partial charge in [-0.2, -0.15) is 0 Å². The van der Waals surface area contributed by atoms with E-state index in [9.17, 15) is 9.90 Å². The first-order chi connectivity index (χ1) is 8.54. The lowest BCUT2D eigenvalue weighted by atomic mass is 9.82. The number of hydrogen-bond acceptors (Lipinski definition) is 2. The van der Waals surface area contributed by atoms with Crippen LogP contribution >= 0.6 is 0 Å². The van der Waals surface area contributed by atoms with Crippen molar-refractivity contribution in [2.24, 2.45) is 5.41 Å². The minimum absolute atomic E-state index is 0.588. The first kappa shape index (κ1) is 14.7. The number of nitrogens with zero attached hydrogens (tertiary/aromatic N) is 1. The summed E-state index contributed by atoms with van der Waals surface area (Å²) in [5.41, 5.74) is 0.593. The molecule has 1 aromatic carbocycles. The largest absolute Gasteiger partial charge is 0.481 e. The van der Waals surface area contributed by atoms with Crippen LogP contribution in [-0.2, 0) is 11.3 Å². The number of benzene rings is 1. The Balaban J connectivity index is 2.68. The van der Waals surface area contributed by atoms with E-state index in [0.29, 0.717) is 19.4 Å². The van der Waals surface area contributed by atoms with Crippen LogP contribution in [0.2, 0.25) is 0 Å². The molecule has 0 spiro atoms. The molecule has 1 rings (SSSR count). The summed E-state index contributed by atoms with van der Waals surface area (Å²) in [4.78, 5) is 13.5. The number of aliphatic carboxylic acids is 1. The van der Waals surface area contributed by atoms with Crippen molar-refractivity contribution in [2.45, 2.75) is 33.2 Å². The minimum Gasteiger partial charge on any atom is -0.481 e. The number of carbonyl (C=O) groups is 1. The van der Waals surface area contributed by atoms with E-state index in [4.69, 9.17) is 0 Å². The Bertz CT molecular complexity index is 371. The lowest BCUT2D eigenvalue weighted by Gasteiger charge is -2.31. The van der Waals surface area contributed by atoms with Crippen LogP contribution in [0.15, 0.2) is 30.3 Å². The predicted octanol–water partition coefficient (Wildman–Crippen LogP) is 3.01. The van der Waals surface area contributed by atoms with E-state index in [1.807, 2.05) is 39.1 Å². The van der Waals surface area contributed by atoms with E-state index in [0.717, 1.165) is 6.54 Å². The highest BCUT2D eigenvalue weighted by Gasteiger charge is 2.35. The highest BCUT2D eigenvalue weighted by molar-refractivity contribution is 5.74. The molecule has 100 valence electrons. The minimum atomic E-state index is -0.688. The Morgan fingerprint density at radius 2 is 1.78 bits per heavy atom. The molecule has 0 aliphatic carbocycles. The summed E-state index contributed by atoms with van der Waals surface area (Å²) in [6.45, 7) is 5.28. The quantitative estimate of drug-likeness (QED) is 0.807. The predicted molar refractivity (Wildman–Crippen MR) is 73.4 cm³/mol. The molecule has 0 aliphatic rings. The van der Waals surface area contributed by atoms with Crippen molar-refractivity contribution in [3.8, 4) is 0 Å². The Morgan fingerprint density at radius 1 is 1.22 bits per heavy atom. The molecular formula is C15H23NO2. The van der Waals surface area contributed by atoms with E-state index >= 15 is 0 Å². The summed E-state index contributed by atoms with van der Waals surface area (Å²) in [5.74, 6) is -0.688. The summed E-state index contributed by atoms with van der Waals surface area (Å²) in [7, 11) is 1.98. The molecule has 0 aliphatic heterocycles. The maximum Gasteiger partial charge on any atom is 0.310 e. The number of carboxylic acids is 1. The molecule has 0 radical (unpaired) electrons. The molecule has 1 N–H and O–H groups in total. The van der Waals surface area contributed by atoms with Gasteiger partial charge in [0.15, 0.2) is 0 Å². The Kier molecular flexibility index (Phi) is 5.35. The van der Waals surface area contributed by atoms with Gasteiger partial charge in [-0.15, -0.1) is 0 Å². The zero-order valence-corrected chi connectivity index (χ0v) is 11.5. The first-order valence-corrected chi connectivity index (χ1v) is 6.50. The molecule has 0 unspecified atom stereocenters. The summed E-state index contributed by atoms with van der Waals surface area (Å²) >= 11 is 0. The average Bonchev–Trinajstić information content (AvgIpc) is 2.37. The van der Waals surface area contributed by atoms with Gasteiger partial charge >= 0.3 is 5.97 Å². The molecule has 3 heteroatoms. The zero-order valence-electron chi connectivity index (χ0n) is 11.5. The van der Waals surface area contributed by atoms with E-state index in [1.165, 1.54) is 5.56 Å². The van der Waals surface area contributed by atoms with Crippen LogP contribution in [-0.4, -0.2) is 29.6 Å². The average molecular weight is 249 g/mol. The van der Waals surface area contributed by atoms with Crippen LogP contribution < -0.4 is 0 Å². The summed E-state index contributed by atoms with van der Waals surface area (Å²) in [5, 5.41) is 9.41. The molecule has 0 saturated heterocycles. The van der Waals surface area contributed by atoms with Gasteiger partial charge in [0.25, 0.3) is 0 Å². The summed E-state index contributed by atoms with van der Waals surface area (Å²) in [6.07, 6.45) is 1.33. The summed E-state index contributed by atoms with van der Waals surface area (Å²) in [6, 6.07) is 10.1. The monoisotopic (exact) mass is 249 g/mol. The van der Waals surface area contributed by atoms with E-state index < -0.39 is 11.4 Å². The smallest absolute Gasteiger partial charge is 0.310 e. The molecule has 0 aromatic heterocycles. The van der Waals surface area contributed by atoms with Gasteiger partial charge in [0.2, 0.25) is 0 Å². The fourth-order valence-electron chi connectivity index (χ4n) is 2.31. The van der Waals surface area contributed by atoms with Crippen LogP contribution in [0.3, 0.4) is 0 Å². The van der Waals surface area contributed by atoms with Gasteiger partial charge in [0, 0.05) is 13.1 Å². The molecule has 0 fully saturated rings. The maximum atomic E-state index is 11.4. The molecule has 0 bridgehead atoms. The third kappa shape index (κ3) is 3.57. The molecule has 1 aromatic rings. The van der Waals surface area contributed by atoms with Crippen molar-refractivity contribution in [2.75, 3.05) is 13.6 Å². The second-order valence-corrected chi connectivity index (χ2v) is 4.95. The molecule has 18 heavy (non-hydrogen) atoms. The van der Waals surface area contributed by atoms with Crippen molar-refractivity contribution in [1.82, 2.24) is 4.90 Å². The molecule has 0 heterocycles. The van der Waals surface area contributed by atoms with E-state index in [-0.39, 0.29) is 0 Å². The Labute approximate surface area is 109 Å². The van der Waals surface area contributed by atoms with Crippen molar-refractivity contribution < 1.29 is 9.90 Å². The van der Waals surface area contributed by atoms with Gasteiger partial charge in [0.1, 0.15) is 0 Å². The van der Waals surface area contributed by atoms with Gasteiger partial charge < -0.3 is 10.0 Å². The first-order valence-electron chi connectivity index (χ1n) is 6.50. The van der Waals surface area contributed by atoms with Crippen LogP contribution in [0.5, 0.6) is 0 Å². The van der Waals surface area contributed by atoms with Crippen molar-refractivity contribution in [3.05, 3.63) is 35.9 Å². The standard InChI is InChI=1S/C15H23NO2/c1-4-15(5-2,14(17)18)12-16(3)11-13-9-7-6-8-10-13/h6-10H,4-5,11-12H2,1-3H3,(H,17,18). The number of carboxylic acid groups (broad SMARTS) is 1. The van der Waals surface area contributed by atoms with Crippen LogP contribution in [0.1, 0.15) is 32.3 Å². The molecule has 0 amide bonds. The second-order valence-electron chi connectivity index (χ2n) is 4.95. The highest BCUT2D eigenvalue weighted by Crippen LogP contribution is 2.28. The maximum absolute atomic E-state index is 11.4. The molecule has 3 nitrogen and oxygen atoms in total. The lowest BCUT2D eigenvalue weighted by Crippen LogP contribution is -2.40. The van der Waals surface area contributed by atoms with Gasteiger partial charge in [-0.3, -0.25) is 4.79 Å².